The van der Waals surface area contributed by atoms with Gasteiger partial charge < -0.3 is 36.4 Å². The molecule has 0 radical (unpaired) electrons. The van der Waals surface area contributed by atoms with Crippen molar-refractivity contribution in [3.8, 4) is 0 Å². The fraction of sp³-hybridized carbons (Fsp3) is 0.904. The molecule has 0 aromatic heterocycles. The summed E-state index contributed by atoms with van der Waals surface area (Å²) in [6.07, 6.45) is 30.9. The Kier molecular flexibility index (Phi) is 41.0. The summed E-state index contributed by atoms with van der Waals surface area (Å²) in [6, 6.07) is 0. The van der Waals surface area contributed by atoms with Crippen molar-refractivity contribution < 1.29 is 24.0 Å². The molecule has 0 spiro atoms. The normalized spacial score (nSPS) is 11.4. The highest BCUT2D eigenvalue weighted by molar-refractivity contribution is 5.91. The Morgan fingerprint density at radius 1 is 0.406 bits per heavy atom. The number of hydrogen-bond acceptors (Lipinski definition) is 7. The Hall–Kier alpha value is -2.73. The van der Waals surface area contributed by atoms with Crippen LogP contribution in [0.2, 0.25) is 0 Å². The van der Waals surface area contributed by atoms with E-state index in [-0.39, 0.29) is 56.4 Å². The van der Waals surface area contributed by atoms with E-state index in [0.717, 1.165) is 96.3 Å². The molecule has 64 heavy (non-hydrogen) atoms. The lowest BCUT2D eigenvalue weighted by Gasteiger charge is -2.31. The van der Waals surface area contributed by atoms with Crippen molar-refractivity contribution in [1.82, 2.24) is 24.9 Å². The zero-order valence-electron chi connectivity index (χ0n) is 42.7. The first-order valence-corrected chi connectivity index (χ1v) is 26.7. The Balaban J connectivity index is 6.11. The molecule has 0 aliphatic carbocycles. The smallest absolute Gasteiger partial charge is 0.242 e. The molecule has 5 N–H and O–H groups in total. The van der Waals surface area contributed by atoms with Crippen LogP contribution in [-0.4, -0.2) is 121 Å². The summed E-state index contributed by atoms with van der Waals surface area (Å²) < 4.78 is 0. The number of rotatable bonds is 46. The minimum Gasteiger partial charge on any atom is -0.368 e. The lowest BCUT2D eigenvalue weighted by Crippen LogP contribution is -2.51. The van der Waals surface area contributed by atoms with Gasteiger partial charge in [0.05, 0.1) is 32.7 Å². The number of nitrogens with zero attached hydrogens (tertiary/aromatic N) is 4. The average Bonchev–Trinajstić information content (AvgIpc) is 3.25. The number of carbonyl (C=O) groups is 5. The Morgan fingerprint density at radius 2 is 0.688 bits per heavy atom. The number of primary amides is 1. The molecule has 0 saturated carbocycles. The molecule has 12 nitrogen and oxygen atoms in total. The summed E-state index contributed by atoms with van der Waals surface area (Å²) in [5, 5.41) is 3.10. The fourth-order valence-corrected chi connectivity index (χ4v) is 8.20. The zero-order valence-corrected chi connectivity index (χ0v) is 42.7. The Morgan fingerprint density at radius 3 is 0.984 bits per heavy atom. The van der Waals surface area contributed by atoms with E-state index in [1.165, 1.54) is 88.4 Å². The average molecular weight is 906 g/mol. The van der Waals surface area contributed by atoms with E-state index in [0.29, 0.717) is 51.1 Å². The highest BCUT2D eigenvalue weighted by Gasteiger charge is 2.27. The van der Waals surface area contributed by atoms with Crippen molar-refractivity contribution in [1.29, 1.82) is 0 Å². The van der Waals surface area contributed by atoms with E-state index in [2.05, 4.69) is 46.9 Å². The number of nitrogens with two attached hydrogens (primary N) is 2. The maximum Gasteiger partial charge on any atom is 0.242 e. The lowest BCUT2D eigenvalue weighted by molar-refractivity contribution is -0.146. The van der Waals surface area contributed by atoms with Crippen LogP contribution in [0.3, 0.4) is 0 Å². The number of nitrogens with one attached hydrogen (secondary N) is 1. The minimum absolute atomic E-state index is 0.0968. The molecular formula is C52H103N7O5. The Labute approximate surface area is 393 Å². The van der Waals surface area contributed by atoms with Gasteiger partial charge in [0, 0.05) is 39.3 Å². The standard InChI is InChI=1S/C52H103N7O5/c1-7-9-11-13-15-17-19-21-23-29-38-57(49(61)41-55-36-35-53)43-51(63)59(40-32-26-28-34-47(5)6)45-52(64)58(39-30-24-22-20-18-16-14-12-10-8-2)44-50(62)56(42-48(54)60)37-31-25-27-33-46(3)4/h46-47,55H,7-45,53H2,1-6H3,(H2,54,60). The van der Waals surface area contributed by atoms with Crippen LogP contribution in [0.25, 0.3) is 0 Å². The van der Waals surface area contributed by atoms with Crippen LogP contribution in [0, 0.1) is 11.8 Å². The van der Waals surface area contributed by atoms with Crippen molar-refractivity contribution in [3.63, 3.8) is 0 Å². The molecule has 0 heterocycles. The maximum atomic E-state index is 14.4. The number of unbranched alkanes of at least 4 members (excludes halogenated alkanes) is 22. The van der Waals surface area contributed by atoms with Crippen LogP contribution in [-0.2, 0) is 24.0 Å². The molecular weight excluding hydrogens is 803 g/mol. The quantitative estimate of drug-likeness (QED) is 0.0513. The van der Waals surface area contributed by atoms with Crippen LogP contribution >= 0.6 is 0 Å². The van der Waals surface area contributed by atoms with Crippen molar-refractivity contribution in [3.05, 3.63) is 0 Å². The number of carbonyl (C=O) groups excluding carboxylic acids is 5. The number of amides is 5. The first-order valence-electron chi connectivity index (χ1n) is 26.7. The summed E-state index contributed by atoms with van der Waals surface area (Å²) in [5.74, 6) is -0.366. The largest absolute Gasteiger partial charge is 0.368 e. The van der Waals surface area contributed by atoms with E-state index in [1.54, 1.807) is 14.7 Å². The summed E-state index contributed by atoms with van der Waals surface area (Å²) in [5.41, 5.74) is 11.3. The van der Waals surface area contributed by atoms with Crippen molar-refractivity contribution >= 4 is 29.5 Å². The summed E-state index contributed by atoms with van der Waals surface area (Å²) in [4.78, 5) is 74.7. The maximum absolute atomic E-state index is 14.4. The fourth-order valence-electron chi connectivity index (χ4n) is 8.20. The molecule has 5 amide bonds. The predicted molar refractivity (Wildman–Crippen MR) is 268 cm³/mol. The van der Waals surface area contributed by atoms with E-state index >= 15 is 0 Å². The third-order valence-electron chi connectivity index (χ3n) is 12.3. The molecule has 0 aromatic rings. The zero-order chi connectivity index (χ0) is 47.6. The molecule has 0 saturated heterocycles. The van der Waals surface area contributed by atoms with E-state index in [9.17, 15) is 24.0 Å². The molecule has 0 aromatic carbocycles. The van der Waals surface area contributed by atoms with E-state index < -0.39 is 5.91 Å². The van der Waals surface area contributed by atoms with Crippen LogP contribution in [0.4, 0.5) is 0 Å². The van der Waals surface area contributed by atoms with Crippen LogP contribution in [0.5, 0.6) is 0 Å². The van der Waals surface area contributed by atoms with Gasteiger partial charge in [0.2, 0.25) is 29.5 Å². The van der Waals surface area contributed by atoms with E-state index in [1.807, 2.05) is 0 Å². The molecule has 0 rings (SSSR count). The monoisotopic (exact) mass is 906 g/mol. The van der Waals surface area contributed by atoms with Gasteiger partial charge in [-0.3, -0.25) is 24.0 Å². The second-order valence-corrected chi connectivity index (χ2v) is 19.5. The first-order chi connectivity index (χ1) is 30.9. The minimum atomic E-state index is -0.576. The van der Waals surface area contributed by atoms with E-state index in [4.69, 9.17) is 11.5 Å². The SMILES string of the molecule is CCCCCCCCCCCCN(CC(=O)N(CCCCCC(C)C)CC(=O)N(CCCCCCCCCCCC)CC(=O)N(CCCCCC(C)C)CC(N)=O)C(=O)CNCCN. The molecule has 0 aliphatic heterocycles. The molecule has 376 valence electrons. The van der Waals surface area contributed by atoms with Crippen molar-refractivity contribution in [2.24, 2.45) is 23.3 Å². The van der Waals surface area contributed by atoms with Crippen LogP contribution in [0.15, 0.2) is 0 Å². The third-order valence-corrected chi connectivity index (χ3v) is 12.3. The number of hydrogen-bond donors (Lipinski definition) is 3. The van der Waals surface area contributed by atoms with Gasteiger partial charge in [-0.1, -0.05) is 196 Å². The lowest BCUT2D eigenvalue weighted by atomic mass is 10.1. The predicted octanol–water partition coefficient (Wildman–Crippen LogP) is 9.61. The highest BCUT2D eigenvalue weighted by Crippen LogP contribution is 2.15. The van der Waals surface area contributed by atoms with Gasteiger partial charge >= 0.3 is 0 Å². The van der Waals surface area contributed by atoms with Gasteiger partial charge in [-0.25, -0.2) is 0 Å². The van der Waals surface area contributed by atoms with Gasteiger partial charge in [0.1, 0.15) is 0 Å². The summed E-state index contributed by atoms with van der Waals surface area (Å²) in [6.45, 7) is 15.4. The molecule has 12 heteroatoms. The second kappa shape index (κ2) is 42.9. The summed E-state index contributed by atoms with van der Waals surface area (Å²) >= 11 is 0. The molecule has 0 atom stereocenters. The van der Waals surface area contributed by atoms with Gasteiger partial charge in [-0.15, -0.1) is 0 Å². The topological polar surface area (TPSA) is 162 Å². The van der Waals surface area contributed by atoms with Gasteiger partial charge in [0.15, 0.2) is 0 Å². The van der Waals surface area contributed by atoms with Gasteiger partial charge in [-0.2, -0.15) is 0 Å². The van der Waals surface area contributed by atoms with Crippen molar-refractivity contribution in [2.45, 2.75) is 221 Å². The van der Waals surface area contributed by atoms with Crippen LogP contribution < -0.4 is 16.8 Å². The van der Waals surface area contributed by atoms with Gasteiger partial charge in [-0.05, 0) is 37.5 Å². The Bertz CT molecular complexity index is 1170. The molecule has 0 bridgehead atoms. The highest BCUT2D eigenvalue weighted by atomic mass is 16.2. The molecule has 0 fully saturated rings. The summed E-state index contributed by atoms with van der Waals surface area (Å²) in [7, 11) is 0. The molecule has 0 unspecified atom stereocenters. The first kappa shape index (κ1) is 61.3. The van der Waals surface area contributed by atoms with Crippen LogP contribution in [0.1, 0.15) is 221 Å². The third kappa shape index (κ3) is 36.5. The van der Waals surface area contributed by atoms with Crippen molar-refractivity contribution in [2.75, 3.05) is 72.0 Å². The van der Waals surface area contributed by atoms with Gasteiger partial charge in [0.25, 0.3) is 0 Å². The second-order valence-electron chi connectivity index (χ2n) is 19.5. The molecule has 0 aliphatic rings.